The van der Waals surface area contributed by atoms with Gasteiger partial charge in [-0.15, -0.1) is 0 Å². The molecule has 0 radical (unpaired) electrons. The zero-order valence-corrected chi connectivity index (χ0v) is 17.2. The molecule has 3 heterocycles. The molecule has 0 saturated carbocycles. The maximum absolute atomic E-state index is 12.7. The van der Waals surface area contributed by atoms with Gasteiger partial charge in [0, 0.05) is 51.4 Å². The van der Waals surface area contributed by atoms with Gasteiger partial charge in [-0.1, -0.05) is 19.8 Å². The van der Waals surface area contributed by atoms with Gasteiger partial charge in [-0.2, -0.15) is 0 Å². The minimum Gasteiger partial charge on any atom is -0.339 e. The van der Waals surface area contributed by atoms with Gasteiger partial charge in [0.05, 0.1) is 6.54 Å². The molecule has 0 aromatic carbocycles. The summed E-state index contributed by atoms with van der Waals surface area (Å²) < 4.78 is 0. The first-order valence-corrected chi connectivity index (χ1v) is 11.2. The van der Waals surface area contributed by atoms with E-state index in [1.807, 2.05) is 0 Å². The summed E-state index contributed by atoms with van der Waals surface area (Å²) in [6, 6.07) is 1.41. The molecule has 5 heteroatoms. The molecule has 3 rings (SSSR count). The van der Waals surface area contributed by atoms with E-state index in [9.17, 15) is 4.79 Å². The average Bonchev–Trinajstić information content (AvgIpc) is 2.97. The predicted molar refractivity (Wildman–Crippen MR) is 107 cm³/mol. The highest BCUT2D eigenvalue weighted by Crippen LogP contribution is 2.20. The Labute approximate surface area is 160 Å². The molecule has 1 atom stereocenters. The molecule has 26 heavy (non-hydrogen) atoms. The molecule has 0 aromatic heterocycles. The number of nitrogens with zero attached hydrogens (tertiary/aromatic N) is 4. The van der Waals surface area contributed by atoms with Gasteiger partial charge >= 0.3 is 0 Å². The van der Waals surface area contributed by atoms with Gasteiger partial charge in [-0.3, -0.25) is 14.6 Å². The first kappa shape index (κ1) is 20.1. The molecule has 0 spiro atoms. The highest BCUT2D eigenvalue weighted by atomic mass is 16.2. The SMILES string of the molecule is CCC(C)N1CCN(C(=O)CN2CCC(N3CCCCCC3)CC2)CC1. The Morgan fingerprint density at radius 2 is 1.50 bits per heavy atom. The van der Waals surface area contributed by atoms with E-state index in [-0.39, 0.29) is 0 Å². The number of hydrogen-bond donors (Lipinski definition) is 0. The van der Waals surface area contributed by atoms with Gasteiger partial charge in [0.25, 0.3) is 0 Å². The van der Waals surface area contributed by atoms with Crippen LogP contribution in [0.5, 0.6) is 0 Å². The number of carbonyl (C=O) groups is 1. The van der Waals surface area contributed by atoms with Crippen LogP contribution in [0, 0.1) is 0 Å². The minimum absolute atomic E-state index is 0.349. The molecule has 3 aliphatic rings. The number of piperazine rings is 1. The van der Waals surface area contributed by atoms with E-state index in [1.165, 1.54) is 58.0 Å². The van der Waals surface area contributed by atoms with Crippen LogP contribution in [0.3, 0.4) is 0 Å². The molecule has 0 N–H and O–H groups in total. The van der Waals surface area contributed by atoms with Crippen molar-refractivity contribution in [2.75, 3.05) is 58.9 Å². The molecular weight excluding hydrogens is 324 g/mol. The van der Waals surface area contributed by atoms with E-state index in [0.717, 1.165) is 45.3 Å². The van der Waals surface area contributed by atoms with Crippen molar-refractivity contribution < 1.29 is 4.79 Å². The van der Waals surface area contributed by atoms with E-state index in [4.69, 9.17) is 0 Å². The Hall–Kier alpha value is -0.650. The van der Waals surface area contributed by atoms with Gasteiger partial charge < -0.3 is 9.80 Å². The topological polar surface area (TPSA) is 30.0 Å². The molecule has 5 nitrogen and oxygen atoms in total. The molecule has 0 aliphatic carbocycles. The highest BCUT2D eigenvalue weighted by Gasteiger charge is 2.28. The third-order valence-corrected chi connectivity index (χ3v) is 6.95. The van der Waals surface area contributed by atoms with Gasteiger partial charge in [0.2, 0.25) is 5.91 Å². The molecule has 150 valence electrons. The van der Waals surface area contributed by atoms with Crippen molar-refractivity contribution >= 4 is 5.91 Å². The number of carbonyl (C=O) groups excluding carboxylic acids is 1. The molecule has 3 fully saturated rings. The van der Waals surface area contributed by atoms with Gasteiger partial charge in [-0.25, -0.2) is 0 Å². The van der Waals surface area contributed by atoms with E-state index in [1.54, 1.807) is 0 Å². The van der Waals surface area contributed by atoms with E-state index < -0.39 is 0 Å². The third kappa shape index (κ3) is 5.43. The third-order valence-electron chi connectivity index (χ3n) is 6.95. The van der Waals surface area contributed by atoms with Crippen molar-refractivity contribution in [3.05, 3.63) is 0 Å². The lowest BCUT2D eigenvalue weighted by Crippen LogP contribution is -2.54. The quantitative estimate of drug-likeness (QED) is 0.749. The maximum atomic E-state index is 12.7. The van der Waals surface area contributed by atoms with Crippen molar-refractivity contribution in [1.29, 1.82) is 0 Å². The number of likely N-dealkylation sites (tertiary alicyclic amines) is 2. The normalized spacial score (nSPS) is 26.6. The lowest BCUT2D eigenvalue weighted by Gasteiger charge is -2.40. The van der Waals surface area contributed by atoms with Crippen molar-refractivity contribution in [3.8, 4) is 0 Å². The second-order valence-corrected chi connectivity index (χ2v) is 8.63. The molecule has 0 aromatic rings. The summed E-state index contributed by atoms with van der Waals surface area (Å²) in [4.78, 5) is 22.5. The summed E-state index contributed by atoms with van der Waals surface area (Å²) in [7, 11) is 0. The molecule has 3 saturated heterocycles. The van der Waals surface area contributed by atoms with E-state index in [2.05, 4.69) is 33.4 Å². The molecule has 1 unspecified atom stereocenters. The van der Waals surface area contributed by atoms with Gasteiger partial charge in [0.15, 0.2) is 0 Å². The Morgan fingerprint density at radius 1 is 0.885 bits per heavy atom. The lowest BCUT2D eigenvalue weighted by molar-refractivity contribution is -0.134. The zero-order valence-electron chi connectivity index (χ0n) is 17.2. The molecule has 3 aliphatic heterocycles. The van der Waals surface area contributed by atoms with E-state index in [0.29, 0.717) is 18.5 Å². The van der Waals surface area contributed by atoms with Crippen LogP contribution in [0.2, 0.25) is 0 Å². The average molecular weight is 365 g/mol. The van der Waals surface area contributed by atoms with Crippen LogP contribution in [-0.4, -0.2) is 96.5 Å². The zero-order chi connectivity index (χ0) is 18.4. The second-order valence-electron chi connectivity index (χ2n) is 8.63. The van der Waals surface area contributed by atoms with E-state index >= 15 is 0 Å². The second kappa shape index (κ2) is 10.0. The van der Waals surface area contributed by atoms with Crippen LogP contribution in [0.1, 0.15) is 58.8 Å². The van der Waals surface area contributed by atoms with Crippen molar-refractivity contribution in [2.24, 2.45) is 0 Å². The fraction of sp³-hybridized carbons (Fsp3) is 0.952. The van der Waals surface area contributed by atoms with Crippen LogP contribution < -0.4 is 0 Å². The maximum Gasteiger partial charge on any atom is 0.236 e. The summed E-state index contributed by atoms with van der Waals surface area (Å²) in [5.41, 5.74) is 0. The summed E-state index contributed by atoms with van der Waals surface area (Å²) >= 11 is 0. The Kier molecular flexibility index (Phi) is 7.77. The Balaban J connectivity index is 1.37. The predicted octanol–water partition coefficient (Wildman–Crippen LogP) is 2.27. The molecular formula is C21H40N4O. The number of amides is 1. The first-order valence-electron chi connectivity index (χ1n) is 11.2. The smallest absolute Gasteiger partial charge is 0.236 e. The van der Waals surface area contributed by atoms with Crippen LogP contribution in [0.25, 0.3) is 0 Å². The number of piperidine rings is 1. The lowest BCUT2D eigenvalue weighted by atomic mass is 10.0. The highest BCUT2D eigenvalue weighted by molar-refractivity contribution is 5.78. The first-order chi connectivity index (χ1) is 12.7. The van der Waals surface area contributed by atoms with Crippen LogP contribution in [0.15, 0.2) is 0 Å². The monoisotopic (exact) mass is 364 g/mol. The van der Waals surface area contributed by atoms with Crippen molar-refractivity contribution in [2.45, 2.75) is 70.9 Å². The van der Waals surface area contributed by atoms with Crippen molar-refractivity contribution in [1.82, 2.24) is 19.6 Å². The summed E-state index contributed by atoms with van der Waals surface area (Å²) in [6.07, 6.45) is 9.26. The fourth-order valence-electron chi connectivity index (χ4n) is 4.86. The number of rotatable bonds is 5. The minimum atomic E-state index is 0.349. The summed E-state index contributed by atoms with van der Waals surface area (Å²) in [5.74, 6) is 0.349. The van der Waals surface area contributed by atoms with Crippen LogP contribution >= 0.6 is 0 Å². The largest absolute Gasteiger partial charge is 0.339 e. The molecule has 0 bridgehead atoms. The Bertz CT molecular complexity index is 420. The van der Waals surface area contributed by atoms with Crippen LogP contribution in [-0.2, 0) is 4.79 Å². The standard InChI is InChI=1S/C21H40N4O/c1-3-19(2)23-14-16-25(17-15-23)21(26)18-22-12-8-20(9-13-22)24-10-6-4-5-7-11-24/h19-20H,3-18H2,1-2H3. The number of hydrogen-bond acceptors (Lipinski definition) is 4. The van der Waals surface area contributed by atoms with Crippen LogP contribution in [0.4, 0.5) is 0 Å². The van der Waals surface area contributed by atoms with Crippen molar-refractivity contribution in [3.63, 3.8) is 0 Å². The van der Waals surface area contributed by atoms with Gasteiger partial charge in [-0.05, 0) is 52.1 Å². The Morgan fingerprint density at radius 3 is 2.08 bits per heavy atom. The summed E-state index contributed by atoms with van der Waals surface area (Å²) in [5, 5.41) is 0. The van der Waals surface area contributed by atoms with Gasteiger partial charge in [0.1, 0.15) is 0 Å². The fourth-order valence-corrected chi connectivity index (χ4v) is 4.86. The summed E-state index contributed by atoms with van der Waals surface area (Å²) in [6.45, 7) is 13.9. The molecule has 1 amide bonds.